The minimum Gasteiger partial charge on any atom is -0.494 e. The molecular formula is C9H10N2O. The van der Waals surface area contributed by atoms with Crippen LogP contribution in [0.4, 0.5) is 0 Å². The standard InChI is InChI=1S/C9H10N2O/c1-7-6-10-11-5-3-4-8(12-2)9(7)11/h3-6H,1-2H3. The van der Waals surface area contributed by atoms with Gasteiger partial charge in [-0.25, -0.2) is 4.52 Å². The molecule has 0 atom stereocenters. The van der Waals surface area contributed by atoms with E-state index in [1.54, 1.807) is 7.11 Å². The highest BCUT2D eigenvalue weighted by molar-refractivity contribution is 5.64. The van der Waals surface area contributed by atoms with E-state index in [0.717, 1.165) is 16.8 Å². The topological polar surface area (TPSA) is 26.5 Å². The van der Waals surface area contributed by atoms with E-state index in [-0.39, 0.29) is 0 Å². The summed E-state index contributed by atoms with van der Waals surface area (Å²) in [4.78, 5) is 0. The predicted octanol–water partition coefficient (Wildman–Crippen LogP) is 1.65. The number of methoxy groups -OCH3 is 1. The quantitative estimate of drug-likeness (QED) is 0.637. The predicted molar refractivity (Wildman–Crippen MR) is 46.5 cm³/mol. The number of ether oxygens (including phenoxy) is 1. The fourth-order valence-corrected chi connectivity index (χ4v) is 1.32. The third-order valence-corrected chi connectivity index (χ3v) is 1.91. The first-order valence-corrected chi connectivity index (χ1v) is 3.80. The van der Waals surface area contributed by atoms with Crippen LogP contribution in [0.1, 0.15) is 5.56 Å². The second-order valence-electron chi connectivity index (χ2n) is 2.70. The number of rotatable bonds is 1. The Balaban J connectivity index is 2.84. The van der Waals surface area contributed by atoms with E-state index in [2.05, 4.69) is 5.10 Å². The molecule has 0 bridgehead atoms. The van der Waals surface area contributed by atoms with Crippen LogP contribution in [0.3, 0.4) is 0 Å². The first-order valence-electron chi connectivity index (χ1n) is 3.80. The van der Waals surface area contributed by atoms with Crippen LogP contribution in [-0.2, 0) is 0 Å². The van der Waals surface area contributed by atoms with Crippen molar-refractivity contribution in [2.45, 2.75) is 6.92 Å². The summed E-state index contributed by atoms with van der Waals surface area (Å²) in [5.74, 6) is 0.868. The van der Waals surface area contributed by atoms with Crippen LogP contribution in [0.2, 0.25) is 0 Å². The molecule has 0 aliphatic carbocycles. The van der Waals surface area contributed by atoms with Crippen LogP contribution in [0.15, 0.2) is 24.5 Å². The fourth-order valence-electron chi connectivity index (χ4n) is 1.32. The Morgan fingerprint density at radius 2 is 2.33 bits per heavy atom. The van der Waals surface area contributed by atoms with E-state index in [4.69, 9.17) is 4.74 Å². The smallest absolute Gasteiger partial charge is 0.144 e. The summed E-state index contributed by atoms with van der Waals surface area (Å²) >= 11 is 0. The number of aryl methyl sites for hydroxylation is 1. The summed E-state index contributed by atoms with van der Waals surface area (Å²) in [6, 6.07) is 3.85. The number of pyridine rings is 1. The third-order valence-electron chi connectivity index (χ3n) is 1.91. The Morgan fingerprint density at radius 1 is 1.50 bits per heavy atom. The second-order valence-corrected chi connectivity index (χ2v) is 2.70. The number of fused-ring (bicyclic) bond motifs is 1. The maximum Gasteiger partial charge on any atom is 0.144 e. The van der Waals surface area contributed by atoms with Crippen LogP contribution in [0.25, 0.3) is 5.52 Å². The molecule has 0 radical (unpaired) electrons. The Hall–Kier alpha value is -1.51. The molecule has 2 aromatic rings. The van der Waals surface area contributed by atoms with Gasteiger partial charge in [-0.2, -0.15) is 5.10 Å². The van der Waals surface area contributed by atoms with Crippen molar-refractivity contribution in [2.24, 2.45) is 0 Å². The molecule has 2 aromatic heterocycles. The Morgan fingerprint density at radius 3 is 3.08 bits per heavy atom. The summed E-state index contributed by atoms with van der Waals surface area (Å²) in [5.41, 5.74) is 2.17. The van der Waals surface area contributed by atoms with Crippen molar-refractivity contribution in [1.29, 1.82) is 0 Å². The lowest BCUT2D eigenvalue weighted by Crippen LogP contribution is -1.90. The van der Waals surface area contributed by atoms with Gasteiger partial charge in [0.05, 0.1) is 13.3 Å². The molecule has 62 valence electrons. The molecular weight excluding hydrogens is 152 g/mol. The van der Waals surface area contributed by atoms with Crippen molar-refractivity contribution in [3.63, 3.8) is 0 Å². The number of nitrogens with zero attached hydrogens (tertiary/aromatic N) is 2. The Kier molecular flexibility index (Phi) is 1.50. The van der Waals surface area contributed by atoms with Crippen LogP contribution in [0, 0.1) is 6.92 Å². The van der Waals surface area contributed by atoms with Crippen molar-refractivity contribution in [3.8, 4) is 5.75 Å². The van der Waals surface area contributed by atoms with E-state index >= 15 is 0 Å². The van der Waals surface area contributed by atoms with Gasteiger partial charge in [-0.05, 0) is 24.6 Å². The van der Waals surface area contributed by atoms with Gasteiger partial charge in [-0.3, -0.25) is 0 Å². The van der Waals surface area contributed by atoms with Gasteiger partial charge in [-0.1, -0.05) is 0 Å². The van der Waals surface area contributed by atoms with Gasteiger partial charge in [0.25, 0.3) is 0 Å². The van der Waals surface area contributed by atoms with Crippen molar-refractivity contribution >= 4 is 5.52 Å². The number of hydrogen-bond acceptors (Lipinski definition) is 2. The van der Waals surface area contributed by atoms with Crippen molar-refractivity contribution in [1.82, 2.24) is 9.61 Å². The number of aromatic nitrogens is 2. The van der Waals surface area contributed by atoms with Gasteiger partial charge in [0.1, 0.15) is 11.3 Å². The van der Waals surface area contributed by atoms with Crippen LogP contribution < -0.4 is 4.74 Å². The largest absolute Gasteiger partial charge is 0.494 e. The van der Waals surface area contributed by atoms with E-state index in [1.165, 1.54) is 0 Å². The van der Waals surface area contributed by atoms with E-state index in [1.807, 2.05) is 36.0 Å². The van der Waals surface area contributed by atoms with Gasteiger partial charge in [0.2, 0.25) is 0 Å². The first-order chi connectivity index (χ1) is 5.83. The van der Waals surface area contributed by atoms with Gasteiger partial charge >= 0.3 is 0 Å². The van der Waals surface area contributed by atoms with E-state index < -0.39 is 0 Å². The minimum absolute atomic E-state index is 0.868. The van der Waals surface area contributed by atoms with Crippen molar-refractivity contribution in [3.05, 3.63) is 30.1 Å². The lowest BCUT2D eigenvalue weighted by Gasteiger charge is -2.01. The molecule has 0 unspecified atom stereocenters. The average Bonchev–Trinajstić information content (AvgIpc) is 2.48. The Bertz CT molecular complexity index is 406. The summed E-state index contributed by atoms with van der Waals surface area (Å²) in [7, 11) is 1.67. The molecule has 0 amide bonds. The second kappa shape index (κ2) is 2.52. The molecule has 0 saturated heterocycles. The van der Waals surface area contributed by atoms with Gasteiger partial charge in [-0.15, -0.1) is 0 Å². The zero-order valence-corrected chi connectivity index (χ0v) is 7.11. The molecule has 12 heavy (non-hydrogen) atoms. The molecule has 0 aliphatic heterocycles. The van der Waals surface area contributed by atoms with Crippen molar-refractivity contribution in [2.75, 3.05) is 7.11 Å². The molecule has 0 aliphatic rings. The van der Waals surface area contributed by atoms with Gasteiger partial charge < -0.3 is 4.74 Å². The highest BCUT2D eigenvalue weighted by Crippen LogP contribution is 2.21. The molecule has 3 heteroatoms. The average molecular weight is 162 g/mol. The molecule has 0 spiro atoms. The fraction of sp³-hybridized carbons (Fsp3) is 0.222. The SMILES string of the molecule is COc1cccn2ncc(C)c12. The molecule has 0 saturated carbocycles. The maximum absolute atomic E-state index is 5.21. The highest BCUT2D eigenvalue weighted by atomic mass is 16.5. The molecule has 3 nitrogen and oxygen atoms in total. The molecule has 0 fully saturated rings. The molecule has 2 heterocycles. The highest BCUT2D eigenvalue weighted by Gasteiger charge is 2.04. The van der Waals surface area contributed by atoms with Crippen LogP contribution in [0.5, 0.6) is 5.75 Å². The summed E-state index contributed by atoms with van der Waals surface area (Å²) in [5, 5.41) is 4.16. The first kappa shape index (κ1) is 7.16. The molecule has 0 N–H and O–H groups in total. The van der Waals surface area contributed by atoms with Crippen LogP contribution >= 0.6 is 0 Å². The third kappa shape index (κ3) is 0.863. The maximum atomic E-state index is 5.21. The molecule has 2 rings (SSSR count). The zero-order chi connectivity index (χ0) is 8.55. The van der Waals surface area contributed by atoms with Gasteiger partial charge in [0, 0.05) is 6.20 Å². The molecule has 0 aromatic carbocycles. The van der Waals surface area contributed by atoms with Gasteiger partial charge in [0.15, 0.2) is 0 Å². The number of hydrogen-bond donors (Lipinski definition) is 0. The lowest BCUT2D eigenvalue weighted by atomic mass is 10.3. The van der Waals surface area contributed by atoms with E-state index in [9.17, 15) is 0 Å². The monoisotopic (exact) mass is 162 g/mol. The lowest BCUT2D eigenvalue weighted by molar-refractivity contribution is 0.417. The van der Waals surface area contributed by atoms with E-state index in [0.29, 0.717) is 0 Å². The summed E-state index contributed by atoms with van der Waals surface area (Å²) in [6.07, 6.45) is 3.74. The minimum atomic E-state index is 0.868. The summed E-state index contributed by atoms with van der Waals surface area (Å²) < 4.78 is 7.02. The normalized spacial score (nSPS) is 10.5. The zero-order valence-electron chi connectivity index (χ0n) is 7.11. The Labute approximate surface area is 70.6 Å². The summed E-state index contributed by atoms with van der Waals surface area (Å²) in [6.45, 7) is 2.02. The van der Waals surface area contributed by atoms with Crippen molar-refractivity contribution < 1.29 is 4.74 Å². The van der Waals surface area contributed by atoms with Crippen LogP contribution in [-0.4, -0.2) is 16.7 Å².